The lowest BCUT2D eigenvalue weighted by atomic mass is 10.0. The minimum absolute atomic E-state index is 0.0612. The van der Waals surface area contributed by atoms with Crippen LogP contribution in [0.2, 0.25) is 0 Å². The summed E-state index contributed by atoms with van der Waals surface area (Å²) in [4.78, 5) is 38.3. The zero-order valence-electron chi connectivity index (χ0n) is 47.3. The summed E-state index contributed by atoms with van der Waals surface area (Å²) in [5.41, 5.74) is 0. The number of esters is 3. The Bertz CT molecular complexity index is 1040. The molecule has 0 aromatic rings. The Morgan fingerprint density at radius 2 is 0.478 bits per heavy atom. The quantitative estimate of drug-likeness (QED) is 0.0343. The van der Waals surface area contributed by atoms with Crippen molar-refractivity contribution in [3.63, 3.8) is 0 Å². The van der Waals surface area contributed by atoms with Crippen LogP contribution in [0.5, 0.6) is 0 Å². The first-order chi connectivity index (χ1) is 33.9. The van der Waals surface area contributed by atoms with Crippen molar-refractivity contribution in [2.75, 3.05) is 13.2 Å². The summed E-state index contributed by atoms with van der Waals surface area (Å²) in [6.07, 6.45) is 63.9. The van der Waals surface area contributed by atoms with Crippen LogP contribution in [0.3, 0.4) is 0 Å². The molecule has 0 aromatic carbocycles. The summed E-state index contributed by atoms with van der Waals surface area (Å²) in [5.74, 6) is 0.0190. The van der Waals surface area contributed by atoms with Gasteiger partial charge in [0.05, 0.1) is 0 Å². The first kappa shape index (κ1) is 67.4. The molecule has 0 saturated carbocycles. The van der Waals surface area contributed by atoms with E-state index in [-0.39, 0.29) is 31.1 Å². The highest BCUT2D eigenvalue weighted by atomic mass is 16.6. The average Bonchev–Trinajstić information content (AvgIpc) is 3.34. The zero-order valence-corrected chi connectivity index (χ0v) is 47.3. The highest BCUT2D eigenvalue weighted by Crippen LogP contribution is 2.19. The lowest BCUT2D eigenvalue weighted by molar-refractivity contribution is -0.167. The molecule has 0 spiro atoms. The number of carbonyl (C=O) groups is 3. The summed E-state index contributed by atoms with van der Waals surface area (Å²) in [6.45, 7) is 9.09. The lowest BCUT2D eigenvalue weighted by Gasteiger charge is -2.18. The molecule has 0 bridgehead atoms. The number of ether oxygens (including phenoxy) is 3. The molecule has 0 heterocycles. The Morgan fingerprint density at radius 1 is 0.275 bits per heavy atom. The van der Waals surface area contributed by atoms with Crippen molar-refractivity contribution in [2.24, 2.45) is 5.92 Å². The highest BCUT2D eigenvalue weighted by Gasteiger charge is 2.19. The first-order valence-electron chi connectivity index (χ1n) is 31.4. The minimum atomic E-state index is -0.762. The van der Waals surface area contributed by atoms with E-state index in [1.807, 2.05) is 0 Å². The Hall–Kier alpha value is -1.59. The smallest absolute Gasteiger partial charge is 0.306 e. The van der Waals surface area contributed by atoms with E-state index in [0.29, 0.717) is 19.3 Å². The van der Waals surface area contributed by atoms with Gasteiger partial charge in [0.15, 0.2) is 6.10 Å². The minimum Gasteiger partial charge on any atom is -0.462 e. The molecule has 0 fully saturated rings. The largest absolute Gasteiger partial charge is 0.462 e. The van der Waals surface area contributed by atoms with Gasteiger partial charge in [-0.1, -0.05) is 323 Å². The molecular formula is C63H122O6. The fraction of sp³-hybridized carbons (Fsp3) is 0.952. The predicted molar refractivity (Wildman–Crippen MR) is 298 cm³/mol. The van der Waals surface area contributed by atoms with Crippen molar-refractivity contribution < 1.29 is 28.6 Å². The lowest BCUT2D eigenvalue weighted by Crippen LogP contribution is -2.30. The van der Waals surface area contributed by atoms with Crippen molar-refractivity contribution in [3.05, 3.63) is 0 Å². The third kappa shape index (κ3) is 57.2. The molecule has 1 atom stereocenters. The SMILES string of the molecule is CCCCCCCCCCCCCCCCCCCCCC(=O)OC[C@@H](COC(=O)CCCCCCCCCCCCCCCC)OC(=O)CCCCCCCCCCCCCCCCCC(C)C. The van der Waals surface area contributed by atoms with Gasteiger partial charge >= 0.3 is 17.9 Å². The van der Waals surface area contributed by atoms with Crippen molar-refractivity contribution >= 4 is 17.9 Å². The van der Waals surface area contributed by atoms with Crippen LogP contribution in [0.15, 0.2) is 0 Å². The molecule has 0 aliphatic rings. The molecule has 0 aliphatic heterocycles. The molecule has 0 saturated heterocycles. The predicted octanol–water partition coefficient (Wildman–Crippen LogP) is 21.0. The molecule has 410 valence electrons. The van der Waals surface area contributed by atoms with Crippen LogP contribution in [0, 0.1) is 5.92 Å². The molecule has 0 aromatic heterocycles. The molecule has 0 rings (SSSR count). The highest BCUT2D eigenvalue weighted by molar-refractivity contribution is 5.71. The molecule has 0 N–H and O–H groups in total. The van der Waals surface area contributed by atoms with E-state index in [9.17, 15) is 14.4 Å². The monoisotopic (exact) mass is 975 g/mol. The van der Waals surface area contributed by atoms with Crippen LogP contribution in [0.1, 0.15) is 362 Å². The fourth-order valence-corrected chi connectivity index (χ4v) is 9.81. The molecule has 6 heteroatoms. The maximum Gasteiger partial charge on any atom is 0.306 e. The van der Waals surface area contributed by atoms with Gasteiger partial charge in [-0.25, -0.2) is 0 Å². The molecule has 69 heavy (non-hydrogen) atoms. The summed E-state index contributed by atoms with van der Waals surface area (Å²) in [5, 5.41) is 0. The van der Waals surface area contributed by atoms with Gasteiger partial charge in [0.25, 0.3) is 0 Å². The van der Waals surface area contributed by atoms with Crippen molar-refractivity contribution in [3.8, 4) is 0 Å². The number of rotatable bonds is 58. The number of unbranched alkanes of at least 4 members (excludes halogenated alkanes) is 45. The van der Waals surface area contributed by atoms with E-state index < -0.39 is 6.10 Å². The zero-order chi connectivity index (χ0) is 50.2. The molecule has 0 unspecified atom stereocenters. The second-order valence-corrected chi connectivity index (χ2v) is 22.2. The van der Waals surface area contributed by atoms with E-state index in [1.165, 1.54) is 257 Å². The third-order valence-electron chi connectivity index (χ3n) is 14.5. The Balaban J connectivity index is 4.27. The van der Waals surface area contributed by atoms with Crippen LogP contribution in [0.25, 0.3) is 0 Å². The van der Waals surface area contributed by atoms with Crippen molar-refractivity contribution in [1.29, 1.82) is 0 Å². The standard InChI is InChI=1S/C63H122O6/c1-5-7-9-11-13-15-17-19-21-22-23-24-27-31-35-39-43-47-51-55-62(65)68-58-60(57-67-61(64)54-50-46-42-38-34-30-20-18-16-14-12-10-8-6-2)69-63(66)56-52-48-44-40-36-32-28-25-26-29-33-37-41-45-49-53-59(3)4/h59-60H,5-58H2,1-4H3/t60-/m1/s1. The average molecular weight is 976 g/mol. The summed E-state index contributed by atoms with van der Waals surface area (Å²) in [7, 11) is 0. The molecule has 6 nitrogen and oxygen atoms in total. The van der Waals surface area contributed by atoms with Gasteiger partial charge in [-0.05, 0) is 25.2 Å². The Morgan fingerprint density at radius 3 is 0.710 bits per heavy atom. The second-order valence-electron chi connectivity index (χ2n) is 22.2. The van der Waals surface area contributed by atoms with Gasteiger partial charge in [-0.15, -0.1) is 0 Å². The number of carbonyl (C=O) groups excluding carboxylic acids is 3. The van der Waals surface area contributed by atoms with Crippen LogP contribution in [-0.2, 0) is 28.6 Å². The third-order valence-corrected chi connectivity index (χ3v) is 14.5. The van der Waals surface area contributed by atoms with Crippen molar-refractivity contribution in [2.45, 2.75) is 368 Å². The molecule has 0 aliphatic carbocycles. The van der Waals surface area contributed by atoms with Gasteiger partial charge in [0.1, 0.15) is 13.2 Å². The van der Waals surface area contributed by atoms with E-state index in [0.717, 1.165) is 63.7 Å². The van der Waals surface area contributed by atoms with E-state index >= 15 is 0 Å². The number of hydrogen-bond donors (Lipinski definition) is 0. The topological polar surface area (TPSA) is 78.9 Å². The maximum atomic E-state index is 12.9. The van der Waals surface area contributed by atoms with Gasteiger partial charge < -0.3 is 14.2 Å². The maximum absolute atomic E-state index is 12.9. The van der Waals surface area contributed by atoms with Gasteiger partial charge in [0, 0.05) is 19.3 Å². The van der Waals surface area contributed by atoms with Gasteiger partial charge in [-0.3, -0.25) is 14.4 Å². The Kier molecular flexibility index (Phi) is 56.0. The normalized spacial score (nSPS) is 12.0. The van der Waals surface area contributed by atoms with Gasteiger partial charge in [-0.2, -0.15) is 0 Å². The number of hydrogen-bond acceptors (Lipinski definition) is 6. The second kappa shape index (κ2) is 57.3. The van der Waals surface area contributed by atoms with Gasteiger partial charge in [0.2, 0.25) is 0 Å². The van der Waals surface area contributed by atoms with Crippen LogP contribution < -0.4 is 0 Å². The summed E-state index contributed by atoms with van der Waals surface area (Å²) < 4.78 is 16.9. The van der Waals surface area contributed by atoms with E-state index in [4.69, 9.17) is 14.2 Å². The summed E-state index contributed by atoms with van der Waals surface area (Å²) in [6, 6.07) is 0. The Labute approximate surface area is 431 Å². The van der Waals surface area contributed by atoms with E-state index in [2.05, 4.69) is 27.7 Å². The molecule has 0 radical (unpaired) electrons. The molecule has 0 amide bonds. The first-order valence-corrected chi connectivity index (χ1v) is 31.4. The fourth-order valence-electron chi connectivity index (χ4n) is 9.81. The van der Waals surface area contributed by atoms with Crippen LogP contribution >= 0.6 is 0 Å². The summed E-state index contributed by atoms with van der Waals surface area (Å²) >= 11 is 0. The molecular weight excluding hydrogens is 853 g/mol. The van der Waals surface area contributed by atoms with Crippen LogP contribution in [-0.4, -0.2) is 37.2 Å². The van der Waals surface area contributed by atoms with Crippen molar-refractivity contribution in [1.82, 2.24) is 0 Å². The van der Waals surface area contributed by atoms with Crippen LogP contribution in [0.4, 0.5) is 0 Å². The van der Waals surface area contributed by atoms with E-state index in [1.54, 1.807) is 0 Å².